The molecule has 0 aliphatic heterocycles. The van der Waals surface area contributed by atoms with E-state index < -0.39 is 0 Å². The lowest BCUT2D eigenvalue weighted by Crippen LogP contribution is -2.26. The highest BCUT2D eigenvalue weighted by atomic mass is 15.3. The van der Waals surface area contributed by atoms with Crippen LogP contribution in [0.25, 0.3) is 0 Å². The Morgan fingerprint density at radius 2 is 1.94 bits per heavy atom. The second kappa shape index (κ2) is 4.17. The summed E-state index contributed by atoms with van der Waals surface area (Å²) in [6.45, 7) is 0. The Labute approximate surface area is 96.2 Å². The van der Waals surface area contributed by atoms with E-state index >= 15 is 0 Å². The van der Waals surface area contributed by atoms with Gasteiger partial charge in [-0.15, -0.1) is 10.2 Å². The van der Waals surface area contributed by atoms with E-state index in [1.165, 1.54) is 38.5 Å². The minimum atomic E-state index is 0.296. The molecule has 0 aromatic carbocycles. The summed E-state index contributed by atoms with van der Waals surface area (Å²) in [6.07, 6.45) is 10.7. The fourth-order valence-corrected chi connectivity index (χ4v) is 3.29. The summed E-state index contributed by atoms with van der Waals surface area (Å²) in [5.74, 6) is 1.60. The highest BCUT2D eigenvalue weighted by Gasteiger charge is 2.31. The van der Waals surface area contributed by atoms with Crippen LogP contribution in [0, 0.1) is 0 Å². The van der Waals surface area contributed by atoms with Gasteiger partial charge >= 0.3 is 0 Å². The summed E-state index contributed by atoms with van der Waals surface area (Å²) in [4.78, 5) is 0. The van der Waals surface area contributed by atoms with Gasteiger partial charge in [-0.05, 0) is 25.7 Å². The second-order valence-corrected chi connectivity index (χ2v) is 5.24. The van der Waals surface area contributed by atoms with E-state index in [0.717, 1.165) is 12.2 Å². The van der Waals surface area contributed by atoms with Crippen LogP contribution in [0.2, 0.25) is 0 Å². The molecule has 2 aliphatic carbocycles. The number of nitrogens with zero attached hydrogens (tertiary/aromatic N) is 3. The Morgan fingerprint density at radius 3 is 2.62 bits per heavy atom. The summed E-state index contributed by atoms with van der Waals surface area (Å²) < 4.78 is 2.31. The lowest BCUT2D eigenvalue weighted by Gasteiger charge is -2.19. The number of nitrogens with two attached hydrogens (primary N) is 1. The molecule has 2 saturated carbocycles. The minimum Gasteiger partial charge on any atom is -0.327 e. The molecule has 4 nitrogen and oxygen atoms in total. The predicted molar refractivity (Wildman–Crippen MR) is 62.1 cm³/mol. The van der Waals surface area contributed by atoms with Crippen LogP contribution in [0.4, 0.5) is 0 Å². The molecule has 2 fully saturated rings. The van der Waals surface area contributed by atoms with Gasteiger partial charge in [0.1, 0.15) is 12.2 Å². The number of hydrogen-bond acceptors (Lipinski definition) is 3. The van der Waals surface area contributed by atoms with Crippen molar-refractivity contribution in [3.05, 3.63) is 12.2 Å². The summed E-state index contributed by atoms with van der Waals surface area (Å²) in [5.41, 5.74) is 6.16. The van der Waals surface area contributed by atoms with E-state index in [4.69, 9.17) is 5.73 Å². The van der Waals surface area contributed by atoms with E-state index in [1.54, 1.807) is 0 Å². The van der Waals surface area contributed by atoms with Gasteiger partial charge in [0.05, 0.1) is 0 Å². The number of aromatic nitrogens is 3. The van der Waals surface area contributed by atoms with Crippen LogP contribution in [0.3, 0.4) is 0 Å². The fraction of sp³-hybridized carbons (Fsp3) is 0.833. The third kappa shape index (κ3) is 1.65. The zero-order chi connectivity index (χ0) is 11.0. The van der Waals surface area contributed by atoms with Crippen molar-refractivity contribution in [2.24, 2.45) is 5.73 Å². The topological polar surface area (TPSA) is 56.7 Å². The Kier molecular flexibility index (Phi) is 2.67. The van der Waals surface area contributed by atoms with Gasteiger partial charge in [-0.3, -0.25) is 0 Å². The summed E-state index contributed by atoms with van der Waals surface area (Å²) in [7, 11) is 0. The standard InChI is InChI=1S/C12H20N4/c13-11-7-3-6-10(11)12-15-14-8-16(12)9-4-1-2-5-9/h8-11H,1-7,13H2. The molecule has 0 bridgehead atoms. The summed E-state index contributed by atoms with van der Waals surface area (Å²) in [6, 6.07) is 0.933. The van der Waals surface area contributed by atoms with Gasteiger partial charge in [0.2, 0.25) is 0 Å². The van der Waals surface area contributed by atoms with Crippen molar-refractivity contribution in [2.75, 3.05) is 0 Å². The molecule has 88 valence electrons. The van der Waals surface area contributed by atoms with Crippen molar-refractivity contribution in [1.29, 1.82) is 0 Å². The molecule has 0 radical (unpaired) electrons. The van der Waals surface area contributed by atoms with E-state index in [1.807, 2.05) is 6.33 Å². The molecule has 2 aliphatic rings. The molecule has 2 atom stereocenters. The molecule has 1 aromatic heterocycles. The van der Waals surface area contributed by atoms with Gasteiger partial charge in [0, 0.05) is 18.0 Å². The Balaban J connectivity index is 1.86. The smallest absolute Gasteiger partial charge is 0.137 e. The normalized spacial score (nSPS) is 31.3. The summed E-state index contributed by atoms with van der Waals surface area (Å²) >= 11 is 0. The van der Waals surface area contributed by atoms with Gasteiger partial charge in [-0.2, -0.15) is 0 Å². The zero-order valence-corrected chi connectivity index (χ0v) is 9.68. The van der Waals surface area contributed by atoms with Crippen molar-refractivity contribution in [3.63, 3.8) is 0 Å². The van der Waals surface area contributed by atoms with Crippen molar-refractivity contribution >= 4 is 0 Å². The first-order chi connectivity index (χ1) is 7.86. The third-order valence-corrected chi connectivity index (χ3v) is 4.22. The molecule has 2 N–H and O–H groups in total. The van der Waals surface area contributed by atoms with Gasteiger partial charge in [-0.1, -0.05) is 19.3 Å². The highest BCUT2D eigenvalue weighted by Crippen LogP contribution is 2.36. The molecule has 1 heterocycles. The average molecular weight is 220 g/mol. The molecule has 3 rings (SSSR count). The zero-order valence-electron chi connectivity index (χ0n) is 9.68. The van der Waals surface area contributed by atoms with Gasteiger partial charge in [0.15, 0.2) is 0 Å². The quantitative estimate of drug-likeness (QED) is 0.829. The third-order valence-electron chi connectivity index (χ3n) is 4.22. The van der Waals surface area contributed by atoms with Crippen LogP contribution in [0.15, 0.2) is 6.33 Å². The molecule has 0 saturated heterocycles. The average Bonchev–Trinajstić information content (AvgIpc) is 2.95. The largest absolute Gasteiger partial charge is 0.327 e. The van der Waals surface area contributed by atoms with Crippen molar-refractivity contribution in [1.82, 2.24) is 14.8 Å². The number of rotatable bonds is 2. The maximum absolute atomic E-state index is 6.16. The van der Waals surface area contributed by atoms with Gasteiger partial charge in [0.25, 0.3) is 0 Å². The molecule has 0 spiro atoms. The molecule has 16 heavy (non-hydrogen) atoms. The van der Waals surface area contributed by atoms with Crippen LogP contribution in [0.1, 0.15) is 62.7 Å². The van der Waals surface area contributed by atoms with Crippen LogP contribution < -0.4 is 5.73 Å². The molecule has 4 heteroatoms. The van der Waals surface area contributed by atoms with Crippen LogP contribution >= 0.6 is 0 Å². The molecule has 1 aromatic rings. The van der Waals surface area contributed by atoms with E-state index in [2.05, 4.69) is 14.8 Å². The number of hydrogen-bond donors (Lipinski definition) is 1. The first-order valence-corrected chi connectivity index (χ1v) is 6.51. The Morgan fingerprint density at radius 1 is 1.12 bits per heavy atom. The highest BCUT2D eigenvalue weighted by molar-refractivity contribution is 5.06. The van der Waals surface area contributed by atoms with Crippen LogP contribution in [-0.4, -0.2) is 20.8 Å². The van der Waals surface area contributed by atoms with Crippen molar-refractivity contribution < 1.29 is 0 Å². The predicted octanol–water partition coefficient (Wildman–Crippen LogP) is 1.99. The fourth-order valence-electron chi connectivity index (χ4n) is 3.29. The van der Waals surface area contributed by atoms with Crippen LogP contribution in [-0.2, 0) is 0 Å². The van der Waals surface area contributed by atoms with Crippen molar-refractivity contribution in [3.8, 4) is 0 Å². The molecular formula is C12H20N4. The Bertz CT molecular complexity index is 354. The van der Waals surface area contributed by atoms with Gasteiger partial charge < -0.3 is 10.3 Å². The SMILES string of the molecule is NC1CCCC1c1nncn1C1CCCC1. The maximum atomic E-state index is 6.16. The first kappa shape index (κ1) is 10.3. The lowest BCUT2D eigenvalue weighted by molar-refractivity contribution is 0.461. The Hall–Kier alpha value is -0.900. The first-order valence-electron chi connectivity index (χ1n) is 6.51. The second-order valence-electron chi connectivity index (χ2n) is 5.24. The molecular weight excluding hydrogens is 200 g/mol. The maximum Gasteiger partial charge on any atom is 0.137 e. The monoisotopic (exact) mass is 220 g/mol. The van der Waals surface area contributed by atoms with Gasteiger partial charge in [-0.25, -0.2) is 0 Å². The van der Waals surface area contributed by atoms with E-state index in [0.29, 0.717) is 18.0 Å². The molecule has 0 amide bonds. The summed E-state index contributed by atoms with van der Waals surface area (Å²) in [5, 5.41) is 8.43. The van der Waals surface area contributed by atoms with Crippen molar-refractivity contribution in [2.45, 2.75) is 62.9 Å². The van der Waals surface area contributed by atoms with Crippen LogP contribution in [0.5, 0.6) is 0 Å². The minimum absolute atomic E-state index is 0.296. The van der Waals surface area contributed by atoms with E-state index in [9.17, 15) is 0 Å². The lowest BCUT2D eigenvalue weighted by atomic mass is 10.0. The van der Waals surface area contributed by atoms with E-state index in [-0.39, 0.29) is 0 Å². The molecule has 2 unspecified atom stereocenters.